The second kappa shape index (κ2) is 5.74. The monoisotopic (exact) mass is 205 g/mol. The summed E-state index contributed by atoms with van der Waals surface area (Å²) in [5.74, 6) is -1.45. The first-order valence-electron chi connectivity index (χ1n) is 3.54. The Kier molecular flexibility index (Phi) is 5.37. The molecule has 0 aliphatic carbocycles. The first-order valence-corrected chi connectivity index (χ1v) is 3.54. The molecule has 6 heteroatoms. The predicted octanol–water partition coefficient (Wildman–Crippen LogP) is 0.440. The van der Waals surface area contributed by atoms with Crippen LogP contribution in [0.15, 0.2) is 30.3 Å². The van der Waals surface area contributed by atoms with E-state index >= 15 is 0 Å². The van der Waals surface area contributed by atoms with Crippen molar-refractivity contribution in [2.45, 2.75) is 6.04 Å². The Morgan fingerprint density at radius 1 is 1.36 bits per heavy atom. The van der Waals surface area contributed by atoms with Gasteiger partial charge in [-0.25, -0.2) is 4.79 Å². The summed E-state index contributed by atoms with van der Waals surface area (Å²) in [6, 6.07) is 5.97. The molecule has 1 unspecified atom stereocenters. The van der Waals surface area contributed by atoms with E-state index in [1.54, 1.807) is 18.2 Å². The van der Waals surface area contributed by atoms with Gasteiger partial charge in [0.1, 0.15) is 0 Å². The van der Waals surface area contributed by atoms with Crippen molar-refractivity contribution in [3.05, 3.63) is 46.0 Å². The van der Waals surface area contributed by atoms with Gasteiger partial charge in [0, 0.05) is 10.5 Å². The van der Waals surface area contributed by atoms with Crippen LogP contribution in [0, 0.1) is 10.1 Å². The van der Waals surface area contributed by atoms with Crippen molar-refractivity contribution >= 4 is 35.5 Å². The Morgan fingerprint density at radius 3 is 2.21 bits per heavy atom. The summed E-state index contributed by atoms with van der Waals surface area (Å²) in [6.45, 7) is 0. The molecule has 0 radical (unpaired) electrons. The molecule has 14 heavy (non-hydrogen) atoms. The van der Waals surface area contributed by atoms with Crippen molar-refractivity contribution < 1.29 is 14.8 Å². The topological polar surface area (TPSA) is 80.4 Å². The Labute approximate surface area is 102 Å². The molecular formula is C8H8NNaO4. The van der Waals surface area contributed by atoms with Gasteiger partial charge in [0.05, 0.1) is 0 Å². The zero-order chi connectivity index (χ0) is 9.84. The van der Waals surface area contributed by atoms with Crippen molar-refractivity contribution in [2.75, 3.05) is 0 Å². The van der Waals surface area contributed by atoms with Gasteiger partial charge in [0.2, 0.25) is 0 Å². The molecule has 0 fully saturated rings. The quantitative estimate of drug-likeness (QED) is 0.441. The van der Waals surface area contributed by atoms with Gasteiger partial charge in [-0.05, 0) is 0 Å². The van der Waals surface area contributed by atoms with Crippen LogP contribution < -0.4 is 0 Å². The second-order valence-corrected chi connectivity index (χ2v) is 2.44. The van der Waals surface area contributed by atoms with Gasteiger partial charge in [-0.15, -0.1) is 0 Å². The summed E-state index contributed by atoms with van der Waals surface area (Å²) in [4.78, 5) is 20.0. The first kappa shape index (κ1) is 13.1. The number of benzene rings is 1. The van der Waals surface area contributed by atoms with Crippen molar-refractivity contribution in [2.24, 2.45) is 0 Å². The number of hydrogen-bond donors (Lipinski definition) is 1. The molecule has 1 rings (SSSR count). The van der Waals surface area contributed by atoms with E-state index in [1.165, 1.54) is 12.1 Å². The van der Waals surface area contributed by atoms with Crippen LogP contribution in [0.2, 0.25) is 0 Å². The average molecular weight is 205 g/mol. The maximum atomic E-state index is 10.5. The third-order valence-electron chi connectivity index (χ3n) is 1.56. The van der Waals surface area contributed by atoms with Gasteiger partial charge in [-0.1, -0.05) is 30.3 Å². The zero-order valence-electron chi connectivity index (χ0n) is 6.58. The Morgan fingerprint density at radius 2 is 1.86 bits per heavy atom. The molecule has 0 spiro atoms. The molecule has 1 atom stereocenters. The predicted molar refractivity (Wildman–Crippen MR) is 51.0 cm³/mol. The van der Waals surface area contributed by atoms with Crippen LogP contribution in [0.5, 0.6) is 0 Å². The van der Waals surface area contributed by atoms with E-state index in [1.807, 2.05) is 0 Å². The Bertz CT molecular complexity index is 313. The normalized spacial score (nSPS) is 11.1. The van der Waals surface area contributed by atoms with Crippen molar-refractivity contribution in [1.29, 1.82) is 0 Å². The minimum absolute atomic E-state index is 0. The third-order valence-corrected chi connectivity index (χ3v) is 1.56. The SMILES string of the molecule is O=C(O)C(c1ccccc1)[N+](=O)[O-].[NaH]. The number of nitro groups is 1. The van der Waals surface area contributed by atoms with Crippen LogP contribution in [0.3, 0.4) is 0 Å². The number of hydrogen-bond acceptors (Lipinski definition) is 3. The van der Waals surface area contributed by atoms with Crippen LogP contribution in [0.25, 0.3) is 0 Å². The van der Waals surface area contributed by atoms with E-state index in [9.17, 15) is 14.9 Å². The van der Waals surface area contributed by atoms with Crippen molar-refractivity contribution in [3.63, 3.8) is 0 Å². The molecule has 5 nitrogen and oxygen atoms in total. The van der Waals surface area contributed by atoms with Gasteiger partial charge in [0.15, 0.2) is 0 Å². The number of carboxylic acids is 1. The number of aliphatic carboxylic acids is 1. The van der Waals surface area contributed by atoms with Crippen LogP contribution in [0.1, 0.15) is 11.6 Å². The fourth-order valence-corrected chi connectivity index (χ4v) is 0.990. The number of carbonyl (C=O) groups is 1. The molecule has 0 aliphatic heterocycles. The summed E-state index contributed by atoms with van der Waals surface area (Å²) in [6.07, 6.45) is 0. The molecule has 1 N–H and O–H groups in total. The summed E-state index contributed by atoms with van der Waals surface area (Å²) >= 11 is 0. The fourth-order valence-electron chi connectivity index (χ4n) is 0.990. The summed E-state index contributed by atoms with van der Waals surface area (Å²) in [5.41, 5.74) is 0.181. The van der Waals surface area contributed by atoms with E-state index < -0.39 is 16.9 Å². The molecule has 0 aliphatic rings. The summed E-state index contributed by atoms with van der Waals surface area (Å²) < 4.78 is 0. The van der Waals surface area contributed by atoms with E-state index in [4.69, 9.17) is 5.11 Å². The van der Waals surface area contributed by atoms with Crippen LogP contribution >= 0.6 is 0 Å². The van der Waals surface area contributed by atoms with Gasteiger partial charge >= 0.3 is 41.6 Å². The Hall–Kier alpha value is -0.910. The van der Waals surface area contributed by atoms with Gasteiger partial charge in [0.25, 0.3) is 0 Å². The number of rotatable bonds is 3. The van der Waals surface area contributed by atoms with Crippen molar-refractivity contribution in [1.82, 2.24) is 0 Å². The van der Waals surface area contributed by atoms with E-state index in [-0.39, 0.29) is 35.1 Å². The van der Waals surface area contributed by atoms with E-state index in [0.717, 1.165) is 0 Å². The molecule has 0 bridgehead atoms. The van der Waals surface area contributed by atoms with Crippen LogP contribution in [-0.2, 0) is 4.79 Å². The van der Waals surface area contributed by atoms with Crippen LogP contribution in [-0.4, -0.2) is 45.6 Å². The van der Waals surface area contributed by atoms with Gasteiger partial charge < -0.3 is 5.11 Å². The molecule has 0 heterocycles. The maximum absolute atomic E-state index is 10.5. The fraction of sp³-hybridized carbons (Fsp3) is 0.125. The third kappa shape index (κ3) is 3.10. The van der Waals surface area contributed by atoms with E-state index in [2.05, 4.69) is 0 Å². The second-order valence-electron chi connectivity index (χ2n) is 2.44. The summed E-state index contributed by atoms with van der Waals surface area (Å²) in [7, 11) is 0. The first-order chi connectivity index (χ1) is 6.13. The summed E-state index contributed by atoms with van der Waals surface area (Å²) in [5, 5.41) is 18.9. The van der Waals surface area contributed by atoms with Crippen molar-refractivity contribution in [3.8, 4) is 0 Å². The molecule has 0 amide bonds. The van der Waals surface area contributed by atoms with Crippen LogP contribution in [0.4, 0.5) is 0 Å². The molecule has 70 valence electrons. The number of nitrogens with zero attached hydrogens (tertiary/aromatic N) is 1. The molecule has 0 aromatic heterocycles. The molecule has 1 aromatic carbocycles. The average Bonchev–Trinajstić information content (AvgIpc) is 2.04. The Balaban J connectivity index is 0.00000169. The molecule has 1 aromatic rings. The molecule has 0 saturated heterocycles. The molecular weight excluding hydrogens is 197 g/mol. The van der Waals surface area contributed by atoms with E-state index in [0.29, 0.717) is 0 Å². The number of carboxylic acid groups (broad SMARTS) is 1. The van der Waals surface area contributed by atoms with Gasteiger partial charge in [-0.2, -0.15) is 0 Å². The van der Waals surface area contributed by atoms with Gasteiger partial charge in [-0.3, -0.25) is 10.1 Å². The minimum atomic E-state index is -1.67. The molecule has 0 saturated carbocycles. The zero-order valence-corrected chi connectivity index (χ0v) is 6.58. The standard InChI is InChI=1S/C8H7NO4.Na.H/c10-8(11)7(9(12)13)6-4-2-1-3-5-6;;/h1-5,7H,(H,10,11);;.